The Hall–Kier alpha value is -1.71. The van der Waals surface area contributed by atoms with Crippen LogP contribution in [0.3, 0.4) is 0 Å². The predicted molar refractivity (Wildman–Crippen MR) is 91.3 cm³/mol. The molecule has 0 atom stereocenters. The van der Waals surface area contributed by atoms with Gasteiger partial charge in [-0.05, 0) is 50.2 Å². The highest BCUT2D eigenvalue weighted by molar-refractivity contribution is 5.83. The number of hydrogen-bond acceptors (Lipinski definition) is 3. The minimum atomic E-state index is 0.163. The first kappa shape index (κ1) is 15.2. The number of carbonyl (C=O) groups is 1. The summed E-state index contributed by atoms with van der Waals surface area (Å²) in [6.45, 7) is 4.67. The number of amides is 1. The Balaban J connectivity index is 1.59. The molecule has 3 rings (SSSR count). The molecule has 120 valence electrons. The van der Waals surface area contributed by atoms with Crippen LogP contribution in [0.4, 0.5) is 11.4 Å². The Kier molecular flexibility index (Phi) is 4.86. The quantitative estimate of drug-likeness (QED) is 0.902. The number of para-hydroxylation sites is 2. The lowest BCUT2D eigenvalue weighted by molar-refractivity contribution is -0.120. The summed E-state index contributed by atoms with van der Waals surface area (Å²) in [6, 6.07) is 8.65. The van der Waals surface area contributed by atoms with Gasteiger partial charge in [0, 0.05) is 19.1 Å². The van der Waals surface area contributed by atoms with Crippen molar-refractivity contribution in [2.45, 2.75) is 45.1 Å². The molecule has 1 aromatic rings. The number of rotatable bonds is 3. The number of nitrogens with zero attached hydrogens (tertiary/aromatic N) is 1. The number of hydrogen-bond donors (Lipinski definition) is 2. The summed E-state index contributed by atoms with van der Waals surface area (Å²) in [7, 11) is 0. The fourth-order valence-electron chi connectivity index (χ4n) is 3.53. The molecule has 0 saturated heterocycles. The maximum Gasteiger partial charge on any atom is 0.239 e. The average Bonchev–Trinajstić information content (AvgIpc) is 2.72. The van der Waals surface area contributed by atoms with Crippen LogP contribution in [0.5, 0.6) is 0 Å². The van der Waals surface area contributed by atoms with E-state index in [-0.39, 0.29) is 5.91 Å². The number of nitrogens with one attached hydrogen (secondary N) is 2. The molecule has 0 radical (unpaired) electrons. The van der Waals surface area contributed by atoms with Crippen LogP contribution in [-0.4, -0.2) is 31.6 Å². The monoisotopic (exact) mass is 301 g/mol. The standard InChI is InChI=1S/C18H27N3O/c1-14-7-9-15(10-8-14)20-18(22)13-21-12-4-11-19-16-5-2-3-6-17(16)21/h2-3,5-6,14-15,19H,4,7-13H2,1H3,(H,20,22). The molecular formula is C18H27N3O. The van der Waals surface area contributed by atoms with Gasteiger partial charge in [0.25, 0.3) is 0 Å². The first-order valence-electron chi connectivity index (χ1n) is 8.59. The van der Waals surface area contributed by atoms with Crippen LogP contribution < -0.4 is 15.5 Å². The fourth-order valence-corrected chi connectivity index (χ4v) is 3.53. The molecule has 1 aliphatic carbocycles. The number of fused-ring (bicyclic) bond motifs is 1. The zero-order valence-corrected chi connectivity index (χ0v) is 13.5. The van der Waals surface area contributed by atoms with Crippen LogP contribution in [0, 0.1) is 5.92 Å². The molecule has 1 saturated carbocycles. The molecular weight excluding hydrogens is 274 g/mol. The molecule has 0 bridgehead atoms. The van der Waals surface area contributed by atoms with E-state index >= 15 is 0 Å². The second-order valence-corrected chi connectivity index (χ2v) is 6.74. The molecule has 22 heavy (non-hydrogen) atoms. The predicted octanol–water partition coefficient (Wildman–Crippen LogP) is 3.00. The Morgan fingerprint density at radius 3 is 2.86 bits per heavy atom. The molecule has 2 N–H and O–H groups in total. The summed E-state index contributed by atoms with van der Waals surface area (Å²) in [6.07, 6.45) is 5.79. The highest BCUT2D eigenvalue weighted by atomic mass is 16.2. The zero-order chi connectivity index (χ0) is 15.4. The molecule has 1 fully saturated rings. The Bertz CT molecular complexity index is 509. The van der Waals surface area contributed by atoms with Crippen LogP contribution in [0.25, 0.3) is 0 Å². The van der Waals surface area contributed by atoms with Crippen LogP contribution in [0.2, 0.25) is 0 Å². The summed E-state index contributed by atoms with van der Waals surface area (Å²) in [5, 5.41) is 6.68. The van der Waals surface area contributed by atoms with Gasteiger partial charge in [-0.3, -0.25) is 4.79 Å². The second kappa shape index (κ2) is 7.03. The van der Waals surface area contributed by atoms with E-state index in [9.17, 15) is 4.79 Å². The van der Waals surface area contributed by atoms with Crippen LogP contribution in [0.15, 0.2) is 24.3 Å². The van der Waals surface area contributed by atoms with Gasteiger partial charge in [-0.1, -0.05) is 19.1 Å². The van der Waals surface area contributed by atoms with Gasteiger partial charge < -0.3 is 15.5 Å². The van der Waals surface area contributed by atoms with E-state index in [2.05, 4.69) is 34.6 Å². The van der Waals surface area contributed by atoms with Crippen molar-refractivity contribution >= 4 is 17.3 Å². The van der Waals surface area contributed by atoms with Crippen molar-refractivity contribution in [2.24, 2.45) is 5.92 Å². The number of carbonyl (C=O) groups excluding carboxylic acids is 1. The van der Waals surface area contributed by atoms with Crippen LogP contribution >= 0.6 is 0 Å². The summed E-state index contributed by atoms with van der Waals surface area (Å²) in [5.74, 6) is 0.980. The molecule has 1 aromatic carbocycles. The van der Waals surface area contributed by atoms with E-state index in [1.54, 1.807) is 0 Å². The van der Waals surface area contributed by atoms with Gasteiger partial charge in [-0.2, -0.15) is 0 Å². The summed E-state index contributed by atoms with van der Waals surface area (Å²) >= 11 is 0. The fraction of sp³-hybridized carbons (Fsp3) is 0.611. The minimum absolute atomic E-state index is 0.163. The minimum Gasteiger partial charge on any atom is -0.383 e. The molecule has 1 aliphatic heterocycles. The SMILES string of the molecule is CC1CCC(NC(=O)CN2CCCNc3ccccc32)CC1. The van der Waals surface area contributed by atoms with Crippen molar-refractivity contribution in [2.75, 3.05) is 29.9 Å². The molecule has 4 nitrogen and oxygen atoms in total. The van der Waals surface area contributed by atoms with Gasteiger partial charge in [0.15, 0.2) is 0 Å². The van der Waals surface area contributed by atoms with E-state index in [4.69, 9.17) is 0 Å². The maximum absolute atomic E-state index is 12.4. The summed E-state index contributed by atoms with van der Waals surface area (Å²) in [5.41, 5.74) is 2.28. The highest BCUT2D eigenvalue weighted by Gasteiger charge is 2.22. The Morgan fingerprint density at radius 2 is 2.05 bits per heavy atom. The van der Waals surface area contributed by atoms with Crippen molar-refractivity contribution in [3.8, 4) is 0 Å². The van der Waals surface area contributed by atoms with Crippen molar-refractivity contribution < 1.29 is 4.79 Å². The highest BCUT2D eigenvalue weighted by Crippen LogP contribution is 2.28. The molecule has 0 spiro atoms. The van der Waals surface area contributed by atoms with Gasteiger partial charge in [0.1, 0.15) is 0 Å². The molecule has 4 heteroatoms. The first-order valence-corrected chi connectivity index (χ1v) is 8.59. The average molecular weight is 301 g/mol. The second-order valence-electron chi connectivity index (χ2n) is 6.74. The number of benzene rings is 1. The van der Waals surface area contributed by atoms with Crippen LogP contribution in [0.1, 0.15) is 39.0 Å². The lowest BCUT2D eigenvalue weighted by Gasteiger charge is -2.29. The third kappa shape index (κ3) is 3.73. The topological polar surface area (TPSA) is 44.4 Å². The molecule has 1 amide bonds. The third-order valence-corrected chi connectivity index (χ3v) is 4.88. The van der Waals surface area contributed by atoms with E-state index in [1.807, 2.05) is 12.1 Å². The molecule has 1 heterocycles. The molecule has 0 aromatic heterocycles. The van der Waals surface area contributed by atoms with Gasteiger partial charge in [0.05, 0.1) is 17.9 Å². The van der Waals surface area contributed by atoms with Gasteiger partial charge in [-0.15, -0.1) is 0 Å². The van der Waals surface area contributed by atoms with Gasteiger partial charge >= 0.3 is 0 Å². The summed E-state index contributed by atoms with van der Waals surface area (Å²) < 4.78 is 0. The largest absolute Gasteiger partial charge is 0.383 e. The van der Waals surface area contributed by atoms with E-state index < -0.39 is 0 Å². The maximum atomic E-state index is 12.4. The van der Waals surface area contributed by atoms with Gasteiger partial charge in [-0.25, -0.2) is 0 Å². The molecule has 0 unspecified atom stereocenters. The summed E-state index contributed by atoms with van der Waals surface area (Å²) in [4.78, 5) is 14.6. The van der Waals surface area contributed by atoms with E-state index in [1.165, 1.54) is 12.8 Å². The number of anilines is 2. The first-order chi connectivity index (χ1) is 10.7. The van der Waals surface area contributed by atoms with Crippen molar-refractivity contribution in [3.63, 3.8) is 0 Å². The lowest BCUT2D eigenvalue weighted by Crippen LogP contribution is -2.43. The third-order valence-electron chi connectivity index (χ3n) is 4.88. The van der Waals surface area contributed by atoms with E-state index in [0.29, 0.717) is 12.6 Å². The molecule has 2 aliphatic rings. The normalized spacial score (nSPS) is 24.9. The van der Waals surface area contributed by atoms with Crippen LogP contribution in [-0.2, 0) is 4.79 Å². The Labute approximate surface area is 133 Å². The van der Waals surface area contributed by atoms with Gasteiger partial charge in [0.2, 0.25) is 5.91 Å². The smallest absolute Gasteiger partial charge is 0.239 e. The lowest BCUT2D eigenvalue weighted by atomic mass is 9.87. The van der Waals surface area contributed by atoms with Crippen molar-refractivity contribution in [1.29, 1.82) is 0 Å². The Morgan fingerprint density at radius 1 is 1.27 bits per heavy atom. The zero-order valence-electron chi connectivity index (χ0n) is 13.5. The van der Waals surface area contributed by atoms with E-state index in [0.717, 1.165) is 49.6 Å². The van der Waals surface area contributed by atoms with Crippen molar-refractivity contribution in [1.82, 2.24) is 5.32 Å². The van der Waals surface area contributed by atoms with Crippen molar-refractivity contribution in [3.05, 3.63) is 24.3 Å².